The number of rotatable bonds is 8. The largest absolute Gasteiger partial charge is 0.490 e. The minimum atomic E-state index is -4.50. The summed E-state index contributed by atoms with van der Waals surface area (Å²) in [5.41, 5.74) is 6.43. The van der Waals surface area contributed by atoms with Crippen LogP contribution in [0.1, 0.15) is 35.5 Å². The van der Waals surface area contributed by atoms with Crippen LogP contribution in [0, 0.1) is 19.3 Å². The Morgan fingerprint density at radius 3 is 2.63 bits per heavy atom. The maximum Gasteiger partial charge on any atom is 0.416 e. The number of fused-ring (bicyclic) bond motifs is 1. The van der Waals surface area contributed by atoms with Crippen LogP contribution in [0.4, 0.5) is 24.7 Å². The van der Waals surface area contributed by atoms with Crippen LogP contribution >= 0.6 is 0 Å². The topological polar surface area (TPSA) is 91.5 Å². The molecule has 1 aliphatic heterocycles. The predicted octanol–water partition coefficient (Wildman–Crippen LogP) is 4.49. The lowest BCUT2D eigenvalue weighted by molar-refractivity contribution is -0.137. The molecule has 0 amide bonds. The second kappa shape index (κ2) is 9.98. The van der Waals surface area contributed by atoms with Gasteiger partial charge in [-0.25, -0.2) is 9.97 Å². The molecule has 184 valence electrons. The van der Waals surface area contributed by atoms with Gasteiger partial charge in [0.25, 0.3) is 0 Å². The molecule has 0 saturated carbocycles. The fourth-order valence-electron chi connectivity index (χ4n) is 3.67. The number of nitrogens with zero attached hydrogens (tertiary/aromatic N) is 2. The molecule has 0 radical (unpaired) electrons. The van der Waals surface area contributed by atoms with Gasteiger partial charge in [-0.1, -0.05) is 5.92 Å². The van der Waals surface area contributed by atoms with Gasteiger partial charge in [0.2, 0.25) is 0 Å². The van der Waals surface area contributed by atoms with Gasteiger partial charge in [-0.15, -0.1) is 6.42 Å². The van der Waals surface area contributed by atoms with Crippen molar-refractivity contribution >= 4 is 22.4 Å². The van der Waals surface area contributed by atoms with E-state index in [1.807, 2.05) is 0 Å². The van der Waals surface area contributed by atoms with Gasteiger partial charge in [-0.3, -0.25) is 0 Å². The monoisotopic (exact) mass is 486 g/mol. The number of hydrogen-bond donors (Lipinski definition) is 2. The van der Waals surface area contributed by atoms with Gasteiger partial charge < -0.3 is 25.3 Å². The lowest BCUT2D eigenvalue weighted by Crippen LogP contribution is -2.37. The Hall–Kier alpha value is -3.55. The van der Waals surface area contributed by atoms with Crippen LogP contribution in [0.3, 0.4) is 0 Å². The smallest absolute Gasteiger partial charge is 0.416 e. The molecule has 7 nitrogen and oxygen atoms in total. The first-order valence-corrected chi connectivity index (χ1v) is 11.0. The van der Waals surface area contributed by atoms with E-state index in [2.05, 4.69) is 21.2 Å². The molecule has 10 heteroatoms. The molecule has 0 spiro atoms. The van der Waals surface area contributed by atoms with Crippen molar-refractivity contribution in [3.05, 3.63) is 52.8 Å². The number of benzene rings is 2. The molecule has 1 fully saturated rings. The van der Waals surface area contributed by atoms with Gasteiger partial charge in [-0.2, -0.15) is 13.2 Å². The standard InChI is InChI=1S/C25H25F3N4O3/c1-4-16-9-22-21(11-23(16)35-6-5-34-20-12-33-13-20)24(32-15(3)31-22)30-14(2)17-7-18(25(26,27)28)10-19(29)8-17/h1,7-11,14,20H,5-6,12-13,29H2,2-3H3,(H,30,31,32). The molecular weight excluding hydrogens is 461 g/mol. The zero-order valence-corrected chi connectivity index (χ0v) is 19.3. The molecule has 4 rings (SSSR count). The van der Waals surface area contributed by atoms with E-state index in [1.54, 1.807) is 26.0 Å². The van der Waals surface area contributed by atoms with Crippen LogP contribution in [0.5, 0.6) is 5.75 Å². The highest BCUT2D eigenvalue weighted by Crippen LogP contribution is 2.35. The lowest BCUT2D eigenvalue weighted by Gasteiger charge is -2.25. The van der Waals surface area contributed by atoms with Gasteiger partial charge in [0.15, 0.2) is 0 Å². The summed E-state index contributed by atoms with van der Waals surface area (Å²) >= 11 is 0. The van der Waals surface area contributed by atoms with Gasteiger partial charge in [0, 0.05) is 11.1 Å². The number of hydrogen-bond acceptors (Lipinski definition) is 7. The first-order chi connectivity index (χ1) is 16.6. The lowest BCUT2D eigenvalue weighted by atomic mass is 10.0. The van der Waals surface area contributed by atoms with Crippen LogP contribution in [0.2, 0.25) is 0 Å². The van der Waals surface area contributed by atoms with E-state index in [0.717, 1.165) is 12.1 Å². The molecule has 3 N–H and O–H groups in total. The average molecular weight is 486 g/mol. The number of aryl methyl sites for hydroxylation is 1. The molecule has 1 saturated heterocycles. The number of anilines is 2. The van der Waals surface area contributed by atoms with Crippen LogP contribution in [-0.2, 0) is 15.7 Å². The second-order valence-corrected chi connectivity index (χ2v) is 8.26. The minimum Gasteiger partial charge on any atom is -0.490 e. The average Bonchev–Trinajstić information content (AvgIpc) is 2.76. The van der Waals surface area contributed by atoms with E-state index in [-0.39, 0.29) is 18.4 Å². The third-order valence-corrected chi connectivity index (χ3v) is 5.52. The number of ether oxygens (including phenoxy) is 3. The van der Waals surface area contributed by atoms with Crippen LogP contribution in [0.15, 0.2) is 30.3 Å². The normalized spacial score (nSPS) is 14.9. The number of nitrogen functional groups attached to an aromatic ring is 1. The van der Waals surface area contributed by atoms with E-state index >= 15 is 0 Å². The number of terminal acetylenes is 1. The van der Waals surface area contributed by atoms with Crippen molar-refractivity contribution in [3.8, 4) is 18.1 Å². The molecule has 0 bridgehead atoms. The summed E-state index contributed by atoms with van der Waals surface area (Å²) in [4.78, 5) is 8.93. The Bertz CT molecular complexity index is 1270. The van der Waals surface area contributed by atoms with Crippen molar-refractivity contribution in [1.82, 2.24) is 9.97 Å². The van der Waals surface area contributed by atoms with E-state index in [0.29, 0.717) is 59.2 Å². The maximum atomic E-state index is 13.3. The highest BCUT2D eigenvalue weighted by molar-refractivity contribution is 5.92. The summed E-state index contributed by atoms with van der Waals surface area (Å²) in [6.45, 7) is 5.26. The molecule has 2 heterocycles. The number of nitrogens with two attached hydrogens (primary N) is 1. The fraction of sp³-hybridized carbons (Fsp3) is 0.360. The van der Waals surface area contributed by atoms with Crippen molar-refractivity contribution in [2.24, 2.45) is 0 Å². The van der Waals surface area contributed by atoms with Gasteiger partial charge in [-0.05, 0) is 49.7 Å². The molecule has 1 unspecified atom stereocenters. The molecule has 3 aromatic rings. The molecule has 35 heavy (non-hydrogen) atoms. The van der Waals surface area contributed by atoms with Crippen molar-refractivity contribution in [2.75, 3.05) is 37.5 Å². The van der Waals surface area contributed by atoms with Gasteiger partial charge in [0.05, 0.1) is 42.5 Å². The molecule has 1 atom stereocenters. The number of nitrogens with one attached hydrogen (secondary N) is 1. The van der Waals surface area contributed by atoms with E-state index in [9.17, 15) is 13.2 Å². The Morgan fingerprint density at radius 1 is 1.20 bits per heavy atom. The Kier molecular flexibility index (Phi) is 7.00. The Morgan fingerprint density at radius 2 is 1.97 bits per heavy atom. The van der Waals surface area contributed by atoms with Crippen molar-refractivity contribution in [2.45, 2.75) is 32.2 Å². The summed E-state index contributed by atoms with van der Waals surface area (Å²) in [6.07, 6.45) is 1.26. The quantitative estimate of drug-likeness (QED) is 0.275. The highest BCUT2D eigenvalue weighted by atomic mass is 19.4. The first kappa shape index (κ1) is 24.6. The van der Waals surface area contributed by atoms with Crippen LogP contribution < -0.4 is 15.8 Å². The SMILES string of the molecule is C#Cc1cc2nc(C)nc(NC(C)c3cc(N)cc(C(F)(F)F)c3)c2cc1OCCOC1COC1. The molecule has 1 aliphatic rings. The Labute approximate surface area is 200 Å². The fourth-order valence-corrected chi connectivity index (χ4v) is 3.67. The molecule has 2 aromatic carbocycles. The highest BCUT2D eigenvalue weighted by Gasteiger charge is 2.31. The van der Waals surface area contributed by atoms with E-state index in [1.165, 1.54) is 6.07 Å². The first-order valence-electron chi connectivity index (χ1n) is 11.0. The van der Waals surface area contributed by atoms with Crippen molar-refractivity contribution in [1.29, 1.82) is 0 Å². The van der Waals surface area contributed by atoms with Crippen molar-refractivity contribution in [3.63, 3.8) is 0 Å². The zero-order valence-electron chi connectivity index (χ0n) is 19.3. The van der Waals surface area contributed by atoms with E-state index < -0.39 is 17.8 Å². The van der Waals surface area contributed by atoms with Gasteiger partial charge in [0.1, 0.15) is 30.1 Å². The third-order valence-electron chi connectivity index (χ3n) is 5.52. The predicted molar refractivity (Wildman–Crippen MR) is 126 cm³/mol. The molecular formula is C25H25F3N4O3. The summed E-state index contributed by atoms with van der Waals surface area (Å²) in [5.74, 6) is 3.98. The minimum absolute atomic E-state index is 0.0252. The summed E-state index contributed by atoms with van der Waals surface area (Å²) in [5, 5.41) is 3.81. The Balaban J connectivity index is 1.61. The number of halogens is 3. The third kappa shape index (κ3) is 5.75. The van der Waals surface area contributed by atoms with Crippen molar-refractivity contribution < 1.29 is 27.4 Å². The van der Waals surface area contributed by atoms with Gasteiger partial charge >= 0.3 is 6.18 Å². The molecule has 1 aromatic heterocycles. The summed E-state index contributed by atoms with van der Waals surface area (Å²) in [6, 6.07) is 6.40. The summed E-state index contributed by atoms with van der Waals surface area (Å²) < 4.78 is 56.4. The summed E-state index contributed by atoms with van der Waals surface area (Å²) in [7, 11) is 0. The van der Waals surface area contributed by atoms with E-state index in [4.69, 9.17) is 26.4 Å². The number of alkyl halides is 3. The maximum absolute atomic E-state index is 13.3. The number of aromatic nitrogens is 2. The van der Waals surface area contributed by atoms with Crippen LogP contribution in [0.25, 0.3) is 10.9 Å². The second-order valence-electron chi connectivity index (χ2n) is 8.26. The van der Waals surface area contributed by atoms with Crippen LogP contribution in [-0.4, -0.2) is 42.5 Å². The zero-order chi connectivity index (χ0) is 25.2. The molecule has 0 aliphatic carbocycles.